The molecule has 5 heterocycles. The molecular formula is C63H104N8O31. The van der Waals surface area contributed by atoms with Crippen LogP contribution in [0.5, 0.6) is 0 Å². The van der Waals surface area contributed by atoms with Crippen LogP contribution < -0.4 is 26.6 Å². The quantitative estimate of drug-likeness (QED) is 0.0199. The number of nitrogens with zero attached hydrogens (tertiary/aromatic N) is 3. The van der Waals surface area contributed by atoms with Crippen LogP contribution in [0.1, 0.15) is 148 Å². The maximum atomic E-state index is 14.4. The van der Waals surface area contributed by atoms with Gasteiger partial charge >= 0.3 is 11.9 Å². The lowest BCUT2D eigenvalue weighted by Gasteiger charge is -2.39. The summed E-state index contributed by atoms with van der Waals surface area (Å²) in [6, 6.07) is -2.73. The minimum absolute atomic E-state index is 0.0267. The first-order valence-electron chi connectivity index (χ1n) is 34.8. The van der Waals surface area contributed by atoms with Crippen LogP contribution >= 0.6 is 0 Å². The molecule has 9 amide bonds. The minimum Gasteiger partial charge on any atom is -0.394 e. The molecule has 0 unspecified atom stereocenters. The van der Waals surface area contributed by atoms with E-state index in [9.17, 15) is 114 Å². The van der Waals surface area contributed by atoms with Gasteiger partial charge in [-0.15, -0.1) is 10.1 Å². The van der Waals surface area contributed by atoms with Crippen molar-refractivity contribution in [1.29, 1.82) is 0 Å². The number of hydroxylamine groups is 4. The zero-order chi connectivity index (χ0) is 74.8. The second-order valence-corrected chi connectivity index (χ2v) is 25.4. The van der Waals surface area contributed by atoms with Gasteiger partial charge in [-0.05, 0) is 38.5 Å². The van der Waals surface area contributed by atoms with Gasteiger partial charge in [-0.1, -0.05) is 64.2 Å². The number of hydrogen-bond donors (Lipinski definition) is 17. The Hall–Kier alpha value is -6.19. The highest BCUT2D eigenvalue weighted by molar-refractivity contribution is 6.02. The van der Waals surface area contributed by atoms with Crippen LogP contribution in [0.25, 0.3) is 0 Å². The summed E-state index contributed by atoms with van der Waals surface area (Å²) in [5.74, 6) is -7.86. The van der Waals surface area contributed by atoms with Gasteiger partial charge in [-0.3, -0.25) is 48.1 Å². The number of rotatable bonds is 48. The fraction of sp³-hybridized carbons (Fsp3) is 0.825. The van der Waals surface area contributed by atoms with E-state index in [1.807, 2.05) is 0 Å². The molecule has 17 N–H and O–H groups in total. The topological polar surface area (TPSA) is 574 Å². The summed E-state index contributed by atoms with van der Waals surface area (Å²) in [7, 11) is 0. The molecule has 0 aromatic rings. The number of amides is 9. The lowest BCUT2D eigenvalue weighted by molar-refractivity contribution is -0.300. The molecule has 0 radical (unpaired) electrons. The molecule has 0 saturated carbocycles. The molecule has 5 fully saturated rings. The van der Waals surface area contributed by atoms with Gasteiger partial charge in [0.2, 0.25) is 29.5 Å². The molecule has 0 bridgehead atoms. The number of aliphatic hydroxyl groups excluding tert-OH is 12. The molecule has 5 saturated heterocycles. The summed E-state index contributed by atoms with van der Waals surface area (Å²) in [4.78, 5) is 153. The number of hydrogen-bond acceptors (Lipinski definition) is 32. The normalized spacial score (nSPS) is 27.3. The molecule has 0 aliphatic carbocycles. The van der Waals surface area contributed by atoms with Crippen molar-refractivity contribution in [1.82, 2.24) is 41.6 Å². The Balaban J connectivity index is 1.19. The van der Waals surface area contributed by atoms with Crippen molar-refractivity contribution in [2.45, 2.75) is 252 Å². The van der Waals surface area contributed by atoms with Gasteiger partial charge in [0, 0.05) is 64.7 Å². The van der Waals surface area contributed by atoms with Crippen LogP contribution in [0.3, 0.4) is 0 Å². The first-order valence-corrected chi connectivity index (χ1v) is 34.8. The lowest BCUT2D eigenvalue weighted by Crippen LogP contribution is -2.59. The average Bonchev–Trinajstić information content (AvgIpc) is 1.27. The molecule has 39 heteroatoms. The molecule has 0 spiro atoms. The smallest absolute Gasteiger partial charge is 0.333 e. The SMILES string of the molecule is O=C(CN(CC(=O)NCCO[C@H]1O[C@H](CO)[C@@H](O)[C@H](O)[C@@H]1O)[C@@H](CCCCNC(=O)[C@H](CCC(=O)ON1C(=O)CCC1=O)NC(=O)CCCCCCCCCCCCCCC(=O)ON1C(=O)CCC1=O)C(=O)NCCO[C@H]1O[C@H](CO)[C@@H](O)[C@H](O)[C@@H]1O)NCCO[C@H]1O[C@H](CO)[C@@H](O)[C@H](O)[C@@H]1O. The van der Waals surface area contributed by atoms with Gasteiger partial charge in [-0.2, -0.15) is 0 Å². The van der Waals surface area contributed by atoms with Crippen LogP contribution in [-0.2, 0) is 90.8 Å². The average molecular weight is 1470 g/mol. The van der Waals surface area contributed by atoms with Crippen molar-refractivity contribution < 1.29 is 152 Å². The first kappa shape index (κ1) is 86.5. The van der Waals surface area contributed by atoms with E-state index in [-0.39, 0.29) is 104 Å². The Morgan fingerprint density at radius 3 is 1.15 bits per heavy atom. The molecule has 5 aliphatic rings. The Morgan fingerprint density at radius 2 is 0.755 bits per heavy atom. The Morgan fingerprint density at radius 1 is 0.402 bits per heavy atom. The van der Waals surface area contributed by atoms with Gasteiger partial charge < -0.3 is 126 Å². The summed E-state index contributed by atoms with van der Waals surface area (Å²) in [5, 5.41) is 135. The van der Waals surface area contributed by atoms with E-state index < -0.39 is 215 Å². The fourth-order valence-electron chi connectivity index (χ4n) is 11.6. The molecular weight excluding hydrogens is 1360 g/mol. The molecule has 5 aliphatic heterocycles. The van der Waals surface area contributed by atoms with Gasteiger partial charge in [0.15, 0.2) is 18.9 Å². The molecule has 39 nitrogen and oxygen atoms in total. The zero-order valence-corrected chi connectivity index (χ0v) is 57.0. The summed E-state index contributed by atoms with van der Waals surface area (Å²) in [5.41, 5.74) is 0. The van der Waals surface area contributed by atoms with Crippen LogP contribution in [0.2, 0.25) is 0 Å². The largest absolute Gasteiger partial charge is 0.394 e. The molecule has 17 atom stereocenters. The highest BCUT2D eigenvalue weighted by atomic mass is 16.7. The summed E-state index contributed by atoms with van der Waals surface area (Å²) in [6.45, 7) is -5.98. The van der Waals surface area contributed by atoms with E-state index in [4.69, 9.17) is 38.1 Å². The number of aliphatic hydroxyl groups is 12. The highest BCUT2D eigenvalue weighted by Crippen LogP contribution is 2.26. The van der Waals surface area contributed by atoms with E-state index in [1.165, 1.54) is 0 Å². The van der Waals surface area contributed by atoms with Gasteiger partial charge in [0.05, 0.1) is 65.2 Å². The number of unbranched alkanes of at least 4 members (excludes halogenated alkanes) is 12. The predicted octanol–water partition coefficient (Wildman–Crippen LogP) is -7.32. The highest BCUT2D eigenvalue weighted by Gasteiger charge is 2.47. The van der Waals surface area contributed by atoms with Gasteiger partial charge in [0.25, 0.3) is 23.6 Å². The number of carbonyl (C=O) groups is 11. The monoisotopic (exact) mass is 1470 g/mol. The molecule has 582 valence electrons. The Labute approximate surface area is 587 Å². The number of carbonyl (C=O) groups excluding carboxylic acids is 11. The van der Waals surface area contributed by atoms with Crippen molar-refractivity contribution in [2.75, 3.05) is 78.9 Å². The maximum absolute atomic E-state index is 14.4. The van der Waals surface area contributed by atoms with Crippen molar-refractivity contribution >= 4 is 65.1 Å². The van der Waals surface area contributed by atoms with Crippen molar-refractivity contribution in [3.63, 3.8) is 0 Å². The number of imide groups is 2. The summed E-state index contributed by atoms with van der Waals surface area (Å²) >= 11 is 0. The van der Waals surface area contributed by atoms with Crippen molar-refractivity contribution in [2.24, 2.45) is 0 Å². The van der Waals surface area contributed by atoms with Crippen LogP contribution in [0.4, 0.5) is 0 Å². The van der Waals surface area contributed by atoms with Crippen LogP contribution in [0, 0.1) is 0 Å². The second-order valence-electron chi connectivity index (χ2n) is 25.4. The lowest BCUT2D eigenvalue weighted by atomic mass is 9.99. The van der Waals surface area contributed by atoms with Gasteiger partial charge in [0.1, 0.15) is 79.3 Å². The van der Waals surface area contributed by atoms with E-state index in [2.05, 4.69) is 26.6 Å². The first-order chi connectivity index (χ1) is 48.8. The molecule has 0 aromatic heterocycles. The minimum atomic E-state index is -1.79. The predicted molar refractivity (Wildman–Crippen MR) is 341 cm³/mol. The molecule has 102 heavy (non-hydrogen) atoms. The van der Waals surface area contributed by atoms with Crippen LogP contribution in [-0.4, -0.2) is 325 Å². The molecule has 5 rings (SSSR count). The number of nitrogens with one attached hydrogen (secondary N) is 5. The fourth-order valence-corrected chi connectivity index (χ4v) is 11.6. The second kappa shape index (κ2) is 45.9. The van der Waals surface area contributed by atoms with Crippen molar-refractivity contribution in [3.05, 3.63) is 0 Å². The van der Waals surface area contributed by atoms with E-state index in [0.717, 1.165) is 62.7 Å². The van der Waals surface area contributed by atoms with Crippen LogP contribution in [0.15, 0.2) is 0 Å². The van der Waals surface area contributed by atoms with E-state index in [1.54, 1.807) is 0 Å². The van der Waals surface area contributed by atoms with Crippen molar-refractivity contribution in [3.8, 4) is 0 Å². The maximum Gasteiger partial charge on any atom is 0.333 e. The number of ether oxygens (including phenoxy) is 6. The molecule has 0 aromatic carbocycles. The Kier molecular flexibility index (Phi) is 38.9. The standard InChI is InChI=1S/C63H104N8O31/c72-33-38-50(84)53(87)56(90)61(98-38)95-28-25-64-42(76)31-69(32-43(77)65-26-29-96-62-57(91)54(88)51(85)39(34-73)99-62)37(60(94)67-27-30-97-63-58(92)55(89)52(86)40(35-74)100-63)15-13-14-24-66-59(93)36(18-23-49(83)102-71-46(80)21-22-47(71)81)68-41(75)16-11-9-7-5-3-1-2-4-6-8-10-12-17-48(82)101-70-44(78)19-20-45(70)79/h36-40,50-58,61-63,72-74,84-92H,1-35H2,(H,64,76)(H,65,77)(H,66,93)(H,67,94)(H,68,75)/t36-,37-,38+,39+,40+,50+,51+,52+,53-,54-,55-,56-,57-,58-,61-,62-,63-/m0/s1. The zero-order valence-electron chi connectivity index (χ0n) is 57.0. The van der Waals surface area contributed by atoms with E-state index >= 15 is 0 Å². The summed E-state index contributed by atoms with van der Waals surface area (Å²) < 4.78 is 32.6. The Bertz CT molecular complexity index is 2580. The third-order valence-corrected chi connectivity index (χ3v) is 17.5. The third-order valence-electron chi connectivity index (χ3n) is 17.5. The summed E-state index contributed by atoms with van der Waals surface area (Å²) in [6.07, 6.45) is -15.2. The van der Waals surface area contributed by atoms with E-state index in [0.29, 0.717) is 29.4 Å². The van der Waals surface area contributed by atoms with Gasteiger partial charge in [-0.25, -0.2) is 9.59 Å². The third kappa shape index (κ3) is 28.4.